The molecule has 0 amide bonds. The van der Waals surface area contributed by atoms with E-state index < -0.39 is 29.0 Å². The van der Waals surface area contributed by atoms with Crippen LogP contribution in [0.4, 0.5) is 69.1 Å². The van der Waals surface area contributed by atoms with E-state index in [1.165, 1.54) is 6.92 Å². The van der Waals surface area contributed by atoms with Crippen LogP contribution in [0.2, 0.25) is 0 Å². The van der Waals surface area contributed by atoms with Crippen molar-refractivity contribution in [3.8, 4) is 6.07 Å². The van der Waals surface area contributed by atoms with Crippen LogP contribution in [0, 0.1) is 11.3 Å². The summed E-state index contributed by atoms with van der Waals surface area (Å²) in [7, 11) is -24.0. The first kappa shape index (κ1) is 38.7. The van der Waals surface area contributed by atoms with Gasteiger partial charge in [0.2, 0.25) is 0 Å². The summed E-state index contributed by atoms with van der Waals surface area (Å²) in [6.45, 7) is 1.43. The largest absolute Gasteiger partial charge is 4.00 e. The van der Waals surface area contributed by atoms with Crippen LogP contribution >= 0.6 is 0 Å². The molecule has 0 aliphatic heterocycles. The zero-order valence-corrected chi connectivity index (χ0v) is 13.0. The summed E-state index contributed by atoms with van der Waals surface area (Å²) in [6.07, 6.45) is 0. The van der Waals surface area contributed by atoms with Gasteiger partial charge in [0.05, 0.1) is 6.07 Å². The Morgan fingerprint density at radius 2 is 0.458 bits per heavy atom. The van der Waals surface area contributed by atoms with Gasteiger partial charge in [-0.25, -0.2) is 0 Å². The Balaban J connectivity index is -0.0000000422. The van der Waals surface area contributed by atoms with Gasteiger partial charge in [0.25, 0.3) is 0 Å². The van der Waals surface area contributed by atoms with Gasteiger partial charge in [-0.1, -0.05) is 0 Å². The molecule has 0 aromatic heterocycles. The number of nitrogens with zero attached hydrogens (tertiary/aromatic N) is 1. The SMILES string of the molecule is CC#N.F[B-](F)(F)F.F[B-](F)(F)F.F[B-](F)(F)F.F[B-](F)(F)F.[Ir+4]. The number of nitriles is 1. The van der Waals surface area contributed by atoms with E-state index in [-0.39, 0.29) is 20.1 Å². The minimum atomic E-state index is -6.00. The Hall–Kier alpha value is -0.721. The van der Waals surface area contributed by atoms with E-state index in [4.69, 9.17) is 5.26 Å². The summed E-state index contributed by atoms with van der Waals surface area (Å²) in [5.74, 6) is 0. The van der Waals surface area contributed by atoms with E-state index in [2.05, 4.69) is 0 Å². The predicted molar refractivity (Wildman–Crippen MR) is 52.0 cm³/mol. The van der Waals surface area contributed by atoms with Crippen molar-refractivity contribution in [1.82, 2.24) is 0 Å². The third-order valence-corrected chi connectivity index (χ3v) is 0. The van der Waals surface area contributed by atoms with Crippen LogP contribution in [0.1, 0.15) is 6.92 Å². The molecule has 0 aliphatic carbocycles. The Bertz CT molecular complexity index is 211. The molecular formula is C2H3B4F16IrN. The molecule has 0 aromatic rings. The van der Waals surface area contributed by atoms with Gasteiger partial charge >= 0.3 is 49.1 Å². The molecule has 0 bridgehead atoms. The third-order valence-electron chi connectivity index (χ3n) is 0. The Kier molecular flexibility index (Phi) is 27.6. The number of halogens is 16. The minimum absolute atomic E-state index is 0. The first-order chi connectivity index (χ1) is 9.41. The topological polar surface area (TPSA) is 23.8 Å². The quantitative estimate of drug-likeness (QED) is 0.266. The van der Waals surface area contributed by atoms with Crippen LogP contribution in [0.3, 0.4) is 0 Å². The second-order valence-electron chi connectivity index (χ2n) is 2.20. The average molecular weight is 580 g/mol. The molecule has 1 nitrogen and oxygen atoms in total. The fourth-order valence-corrected chi connectivity index (χ4v) is 0. The number of hydrogen-bond acceptors (Lipinski definition) is 1. The third kappa shape index (κ3) is 16800. The van der Waals surface area contributed by atoms with Crippen molar-refractivity contribution >= 4 is 29.0 Å². The molecular weight excluding hydrogens is 577 g/mol. The van der Waals surface area contributed by atoms with Gasteiger partial charge in [-0.15, -0.1) is 0 Å². The van der Waals surface area contributed by atoms with Crippen molar-refractivity contribution < 1.29 is 89.2 Å². The molecule has 0 atom stereocenters. The average Bonchev–Trinajstić information content (AvgIpc) is 1.87. The van der Waals surface area contributed by atoms with Crippen LogP contribution in [-0.2, 0) is 20.1 Å². The van der Waals surface area contributed by atoms with Gasteiger partial charge in [-0.05, 0) is 0 Å². The maximum atomic E-state index is 9.75. The zero-order valence-electron chi connectivity index (χ0n) is 10.6. The Labute approximate surface area is 137 Å². The van der Waals surface area contributed by atoms with Gasteiger partial charge in [0, 0.05) is 6.92 Å². The number of hydrogen-bond donors (Lipinski definition) is 0. The van der Waals surface area contributed by atoms with Crippen LogP contribution in [0.5, 0.6) is 0 Å². The summed E-state index contributed by atoms with van der Waals surface area (Å²) < 4.78 is 156. The molecule has 0 unspecified atom stereocenters. The molecule has 0 saturated heterocycles. The summed E-state index contributed by atoms with van der Waals surface area (Å²) in [6, 6.07) is 1.75. The summed E-state index contributed by atoms with van der Waals surface area (Å²) in [4.78, 5) is 0. The van der Waals surface area contributed by atoms with E-state index in [9.17, 15) is 69.1 Å². The van der Waals surface area contributed by atoms with Crippen molar-refractivity contribution in [2.75, 3.05) is 0 Å². The van der Waals surface area contributed by atoms with E-state index in [1.807, 2.05) is 0 Å². The summed E-state index contributed by atoms with van der Waals surface area (Å²) >= 11 is 0. The molecule has 0 N–H and O–H groups in total. The van der Waals surface area contributed by atoms with Crippen molar-refractivity contribution in [3.05, 3.63) is 0 Å². The Morgan fingerprint density at radius 1 is 0.458 bits per heavy atom. The maximum absolute atomic E-state index is 9.75. The molecule has 22 heteroatoms. The molecule has 0 aromatic carbocycles. The van der Waals surface area contributed by atoms with Crippen molar-refractivity contribution in [1.29, 1.82) is 5.26 Å². The van der Waals surface area contributed by atoms with Gasteiger partial charge in [-0.3, -0.25) is 0 Å². The number of rotatable bonds is 0. The van der Waals surface area contributed by atoms with Crippen LogP contribution in [0.15, 0.2) is 0 Å². The van der Waals surface area contributed by atoms with Gasteiger partial charge < -0.3 is 69.1 Å². The molecule has 0 fully saturated rings. The second kappa shape index (κ2) is 17.1. The van der Waals surface area contributed by atoms with Crippen molar-refractivity contribution in [2.24, 2.45) is 0 Å². The zero-order chi connectivity index (χ0) is 20.7. The molecule has 24 heavy (non-hydrogen) atoms. The van der Waals surface area contributed by atoms with Crippen LogP contribution < -0.4 is 0 Å². The predicted octanol–water partition coefficient (Wildman–Crippen LogP) is 5.73. The van der Waals surface area contributed by atoms with Gasteiger partial charge in [-0.2, -0.15) is 5.26 Å². The van der Waals surface area contributed by atoms with E-state index >= 15 is 0 Å². The molecule has 0 aliphatic rings. The Morgan fingerprint density at radius 3 is 0.458 bits per heavy atom. The molecule has 0 rings (SSSR count). The van der Waals surface area contributed by atoms with E-state index in [0.717, 1.165) is 0 Å². The molecule has 1 radical (unpaired) electrons. The molecule has 0 heterocycles. The fourth-order valence-electron chi connectivity index (χ4n) is 0. The normalized spacial score (nSPS) is 10.3. The maximum Gasteiger partial charge on any atom is 4.00 e. The second-order valence-corrected chi connectivity index (χ2v) is 2.20. The first-order valence-electron chi connectivity index (χ1n) is 4.22. The smallest absolute Gasteiger partial charge is 0.418 e. The van der Waals surface area contributed by atoms with Gasteiger partial charge in [0.15, 0.2) is 0 Å². The molecule has 0 spiro atoms. The summed E-state index contributed by atoms with van der Waals surface area (Å²) in [5, 5.41) is 7.32. The van der Waals surface area contributed by atoms with E-state index in [1.54, 1.807) is 6.07 Å². The fraction of sp³-hybridized carbons (Fsp3) is 0.500. The summed E-state index contributed by atoms with van der Waals surface area (Å²) in [5.41, 5.74) is 0. The minimum Gasteiger partial charge on any atom is -0.418 e. The first-order valence-corrected chi connectivity index (χ1v) is 4.22. The molecule has 0 saturated carbocycles. The van der Waals surface area contributed by atoms with Gasteiger partial charge in [0.1, 0.15) is 0 Å². The van der Waals surface area contributed by atoms with E-state index in [0.29, 0.717) is 0 Å². The standard InChI is InChI=1S/C2H3N.4BF4.Ir/c1-2-3;4*2-1(3,4)5;/h1H3;;;;;/q;4*-1;+4. The molecule has 149 valence electrons. The van der Waals surface area contributed by atoms with Crippen molar-refractivity contribution in [3.63, 3.8) is 0 Å². The van der Waals surface area contributed by atoms with Crippen LogP contribution in [0.25, 0.3) is 0 Å². The van der Waals surface area contributed by atoms with Crippen molar-refractivity contribution in [2.45, 2.75) is 6.92 Å². The van der Waals surface area contributed by atoms with Crippen LogP contribution in [-0.4, -0.2) is 29.0 Å². The monoisotopic (exact) mass is 582 g/mol.